The normalized spacial score (nSPS) is 14.5. The van der Waals surface area contributed by atoms with E-state index in [9.17, 15) is 19.2 Å². The van der Waals surface area contributed by atoms with E-state index in [2.05, 4.69) is 155 Å². The highest BCUT2D eigenvalue weighted by molar-refractivity contribution is 5.89. The van der Waals surface area contributed by atoms with Crippen molar-refractivity contribution in [2.75, 3.05) is 129 Å². The Labute approximate surface area is 552 Å². The molecule has 22 heteroatoms. The number of likely N-dealkylation sites (N-methyl/N-ethyl adjacent to an activating group) is 2. The minimum absolute atomic E-state index is 0.0706. The Hall–Kier alpha value is -9.15. The first kappa shape index (κ1) is 67.7. The van der Waals surface area contributed by atoms with Gasteiger partial charge in [-0.15, -0.1) is 0 Å². The first-order valence-electron chi connectivity index (χ1n) is 33.3. The number of nitrogens with zero attached hydrogens (tertiary/aromatic N) is 9. The number of piperazine rings is 2. The Balaban J connectivity index is 0.643. The van der Waals surface area contributed by atoms with Crippen molar-refractivity contribution in [3.05, 3.63) is 114 Å². The SMILES string of the molecule is CCCN(CC(=O)N(CC(N)=O)C/C(N)=C/NCCCNC(=O)CCCOc1c(C(C)(C)C)cc(-c2nc3ccc(N4CCN(C)CC4)cc3[nH]2)cc1C(C)(C)C)C(=O)CCCOc1cccc(-c2nc3ccc(-c4nc5ccc(N6CCN(C)CC6)cc5[nH]4)cc3[nH]2)c1. The number of anilines is 2. The molecule has 10 rings (SSSR count). The Morgan fingerprint density at radius 1 is 0.574 bits per heavy atom. The first-order valence-corrected chi connectivity index (χ1v) is 33.3. The van der Waals surface area contributed by atoms with Crippen molar-refractivity contribution in [1.82, 2.24) is 60.1 Å². The summed E-state index contributed by atoms with van der Waals surface area (Å²) >= 11 is 0. The summed E-state index contributed by atoms with van der Waals surface area (Å²) in [6.45, 7) is 24.5. The van der Waals surface area contributed by atoms with E-state index >= 15 is 0 Å². The molecule has 5 heterocycles. The number of primary amides is 1. The van der Waals surface area contributed by atoms with E-state index in [1.165, 1.54) is 21.2 Å². The zero-order valence-electron chi connectivity index (χ0n) is 56.4. The third-order valence-corrected chi connectivity index (χ3v) is 17.5. The maximum absolute atomic E-state index is 13.7. The molecule has 2 aliphatic rings. The van der Waals surface area contributed by atoms with Crippen LogP contribution in [-0.4, -0.2) is 192 Å². The van der Waals surface area contributed by atoms with E-state index < -0.39 is 11.8 Å². The van der Waals surface area contributed by atoms with Gasteiger partial charge in [0.2, 0.25) is 23.6 Å². The number of benzene rings is 5. The van der Waals surface area contributed by atoms with Crippen molar-refractivity contribution in [1.29, 1.82) is 0 Å². The third-order valence-electron chi connectivity index (χ3n) is 17.5. The summed E-state index contributed by atoms with van der Waals surface area (Å²) in [4.78, 5) is 90.3. The summed E-state index contributed by atoms with van der Waals surface area (Å²) < 4.78 is 12.8. The molecule has 2 saturated heterocycles. The lowest BCUT2D eigenvalue weighted by Gasteiger charge is -2.34. The monoisotopic (exact) mass is 1280 g/mol. The van der Waals surface area contributed by atoms with Crippen molar-refractivity contribution in [2.45, 2.75) is 97.8 Å². The number of carbonyl (C=O) groups excluding carboxylic acids is 4. The van der Waals surface area contributed by atoms with Crippen LogP contribution in [0.2, 0.25) is 0 Å². The highest BCUT2D eigenvalue weighted by atomic mass is 16.5. The second-order valence-corrected chi connectivity index (χ2v) is 27.2. The number of nitrogens with one attached hydrogen (secondary N) is 5. The zero-order valence-corrected chi connectivity index (χ0v) is 56.4. The van der Waals surface area contributed by atoms with Crippen LogP contribution in [0.4, 0.5) is 11.4 Å². The fourth-order valence-electron chi connectivity index (χ4n) is 12.1. The molecule has 2 fully saturated rings. The van der Waals surface area contributed by atoms with Crippen molar-refractivity contribution < 1.29 is 28.7 Å². The molecule has 22 nitrogen and oxygen atoms in total. The summed E-state index contributed by atoms with van der Waals surface area (Å²) in [5.41, 5.74) is 24.7. The number of carbonyl (C=O) groups is 4. The molecule has 0 aliphatic carbocycles. The molecular formula is C72H96N16O6. The Kier molecular flexibility index (Phi) is 21.8. The number of aromatic amines is 3. The standard InChI is InChI=1S/C72H96N16O6/c1-10-27-87(65(91)18-13-36-93-54-16-11-15-48(38-54)68-77-57-22-19-49(41-60(57)80-68)69-78-58-23-20-52(42-61(58)81-69)85-32-28-83(8)29-33-85)47-66(92)88(46-63(74)89)45-51(73)44-75-25-14-26-76-64(90)17-12-37-94-67-55(71(2,3)4)39-50(40-56(67)72(5,6)7)70-79-59-24-21-53(43-62(59)82-70)86-34-30-84(9)31-35-86/h11,15-16,19-24,38-44,75H,10,12-14,17-18,25-37,45-47,73H2,1-9H3,(H2,74,89)(H,76,90)(H,77,80)(H,78,81)(H,79,82)/b51-44-. The number of rotatable bonds is 28. The quantitative estimate of drug-likeness (QED) is 0.0226. The molecule has 0 unspecified atom stereocenters. The largest absolute Gasteiger partial charge is 0.494 e. The Bertz CT molecular complexity index is 3930. The van der Waals surface area contributed by atoms with Crippen LogP contribution in [-0.2, 0) is 30.0 Å². The fraction of sp³-hybridized carbons (Fsp3) is 0.458. The maximum Gasteiger partial charge on any atom is 0.243 e. The molecule has 8 aromatic rings. The molecule has 94 heavy (non-hydrogen) atoms. The van der Waals surface area contributed by atoms with Gasteiger partial charge in [0.1, 0.15) is 29.0 Å². The van der Waals surface area contributed by atoms with Gasteiger partial charge in [-0.25, -0.2) is 15.0 Å². The third kappa shape index (κ3) is 17.5. The molecule has 9 N–H and O–H groups in total. The van der Waals surface area contributed by atoms with E-state index in [-0.39, 0.29) is 55.3 Å². The van der Waals surface area contributed by atoms with Crippen LogP contribution in [0.3, 0.4) is 0 Å². The lowest BCUT2D eigenvalue weighted by atomic mass is 9.78. The fourth-order valence-corrected chi connectivity index (χ4v) is 12.1. The molecular weight excluding hydrogens is 1180 g/mol. The van der Waals surface area contributed by atoms with Crippen LogP contribution in [0.1, 0.15) is 98.1 Å². The van der Waals surface area contributed by atoms with E-state index in [4.69, 9.17) is 35.9 Å². The summed E-state index contributed by atoms with van der Waals surface area (Å²) in [5.74, 6) is 2.34. The van der Waals surface area contributed by atoms with Crippen molar-refractivity contribution in [3.63, 3.8) is 0 Å². The van der Waals surface area contributed by atoms with Gasteiger partial charge >= 0.3 is 0 Å². The Morgan fingerprint density at radius 2 is 1.11 bits per heavy atom. The second kappa shape index (κ2) is 30.3. The highest BCUT2D eigenvalue weighted by Crippen LogP contribution is 2.43. The topological polar surface area (TPSA) is 268 Å². The van der Waals surface area contributed by atoms with Crippen LogP contribution in [0.25, 0.3) is 67.3 Å². The van der Waals surface area contributed by atoms with Crippen LogP contribution in [0.15, 0.2) is 103 Å². The predicted molar refractivity (Wildman–Crippen MR) is 375 cm³/mol. The number of hydrogen-bond donors (Lipinski definition) is 7. The average molecular weight is 1280 g/mol. The summed E-state index contributed by atoms with van der Waals surface area (Å²) in [7, 11) is 4.33. The molecule has 2 aliphatic heterocycles. The molecule has 4 amide bonds. The number of hydrogen-bond acceptors (Lipinski definition) is 15. The van der Waals surface area contributed by atoms with E-state index in [0.29, 0.717) is 75.6 Å². The average Bonchev–Trinajstić information content (AvgIpc) is 1.34. The number of aromatic nitrogens is 6. The molecule has 3 aromatic heterocycles. The lowest BCUT2D eigenvalue weighted by molar-refractivity contribution is -0.141. The van der Waals surface area contributed by atoms with Gasteiger partial charge in [0.15, 0.2) is 0 Å². The second-order valence-electron chi connectivity index (χ2n) is 27.2. The molecule has 0 atom stereocenters. The number of nitrogens with two attached hydrogens (primary N) is 2. The van der Waals surface area contributed by atoms with Crippen LogP contribution >= 0.6 is 0 Å². The van der Waals surface area contributed by atoms with Crippen LogP contribution in [0.5, 0.6) is 11.5 Å². The molecule has 500 valence electrons. The van der Waals surface area contributed by atoms with Gasteiger partial charge in [-0.1, -0.05) is 60.6 Å². The lowest BCUT2D eigenvalue weighted by Crippen LogP contribution is -2.47. The van der Waals surface area contributed by atoms with Gasteiger partial charge in [0, 0.05) is 136 Å². The van der Waals surface area contributed by atoms with Crippen molar-refractivity contribution >= 4 is 68.1 Å². The minimum atomic E-state index is -0.706. The number of imidazole rings is 3. The number of H-pyrrole nitrogens is 3. The van der Waals surface area contributed by atoms with Gasteiger partial charge in [0.25, 0.3) is 0 Å². The van der Waals surface area contributed by atoms with Crippen molar-refractivity contribution in [2.24, 2.45) is 11.5 Å². The summed E-state index contributed by atoms with van der Waals surface area (Å²) in [5, 5.41) is 6.15. The van der Waals surface area contributed by atoms with Gasteiger partial charge in [-0.3, -0.25) is 19.2 Å². The highest BCUT2D eigenvalue weighted by Gasteiger charge is 2.30. The molecule has 0 bridgehead atoms. The van der Waals surface area contributed by atoms with Gasteiger partial charge < -0.3 is 75.9 Å². The molecule has 0 saturated carbocycles. The zero-order chi connectivity index (χ0) is 66.7. The molecule has 5 aromatic carbocycles. The van der Waals surface area contributed by atoms with E-state index in [1.54, 1.807) is 6.20 Å². The van der Waals surface area contributed by atoms with E-state index in [1.807, 2.05) is 43.3 Å². The van der Waals surface area contributed by atoms with Crippen LogP contribution in [0, 0.1) is 0 Å². The van der Waals surface area contributed by atoms with E-state index in [0.717, 1.165) is 131 Å². The van der Waals surface area contributed by atoms with Gasteiger partial charge in [-0.05, 0) is 129 Å². The number of ether oxygens (including phenoxy) is 2. The van der Waals surface area contributed by atoms with Crippen molar-refractivity contribution in [3.8, 4) is 45.7 Å². The summed E-state index contributed by atoms with van der Waals surface area (Å²) in [6, 6.07) is 31.0. The number of amides is 4. The Morgan fingerprint density at radius 3 is 1.67 bits per heavy atom. The van der Waals surface area contributed by atoms with Gasteiger partial charge in [0.05, 0.1) is 65.9 Å². The smallest absolute Gasteiger partial charge is 0.243 e. The predicted octanol–water partition coefficient (Wildman–Crippen LogP) is 8.88. The maximum atomic E-state index is 13.7. The minimum Gasteiger partial charge on any atom is -0.494 e. The number of fused-ring (bicyclic) bond motifs is 3. The molecule has 0 spiro atoms. The van der Waals surface area contributed by atoms with Crippen LogP contribution < -0.4 is 41.4 Å². The summed E-state index contributed by atoms with van der Waals surface area (Å²) in [6.07, 6.45) is 4.20. The van der Waals surface area contributed by atoms with Gasteiger partial charge in [-0.2, -0.15) is 0 Å². The molecule has 0 radical (unpaired) electrons. The first-order chi connectivity index (χ1) is 45.0.